The number of nitrogens with one attached hydrogen (secondary N) is 1. The molecule has 3 aromatic heterocycles. The van der Waals surface area contributed by atoms with Crippen molar-refractivity contribution in [2.45, 2.75) is 13.5 Å². The van der Waals surface area contributed by atoms with Crippen molar-refractivity contribution in [3.05, 3.63) is 62.9 Å². The topological polar surface area (TPSA) is 99.6 Å². The highest BCUT2D eigenvalue weighted by molar-refractivity contribution is 7.20. The Kier molecular flexibility index (Phi) is 6.45. The molecule has 0 radical (unpaired) electrons. The predicted molar refractivity (Wildman–Crippen MR) is 123 cm³/mol. The Morgan fingerprint density at radius 2 is 1.88 bits per heavy atom. The van der Waals surface area contributed by atoms with Crippen LogP contribution in [0.1, 0.15) is 30.7 Å². The number of benzene rings is 1. The van der Waals surface area contributed by atoms with Gasteiger partial charge in [0.05, 0.1) is 17.4 Å². The van der Waals surface area contributed by atoms with Crippen molar-refractivity contribution in [3.63, 3.8) is 0 Å². The van der Waals surface area contributed by atoms with Gasteiger partial charge in [-0.2, -0.15) is 4.98 Å². The number of ether oxygens (including phenoxy) is 3. The molecule has 0 aliphatic heterocycles. The Hall–Kier alpha value is -3.34. The molecule has 0 aliphatic rings. The summed E-state index contributed by atoms with van der Waals surface area (Å²) in [5.74, 6) is 0.530. The number of hydrogen-bond donors (Lipinski definition) is 1. The molecule has 1 aromatic carbocycles. The van der Waals surface area contributed by atoms with Crippen LogP contribution in [0.5, 0.6) is 11.6 Å². The van der Waals surface area contributed by atoms with E-state index in [0.717, 1.165) is 0 Å². The molecule has 4 aromatic rings. The second kappa shape index (κ2) is 9.43. The molecule has 0 aliphatic carbocycles. The number of carbonyl (C=O) groups excluding carboxylic acids is 2. The first-order valence-corrected chi connectivity index (χ1v) is 11.2. The molecule has 0 fully saturated rings. The number of aryl methyl sites for hydroxylation is 1. The number of esters is 1. The average Bonchev–Trinajstić information content (AvgIpc) is 3.43. The van der Waals surface area contributed by atoms with Crippen LogP contribution in [0.3, 0.4) is 0 Å². The number of rotatable bonds is 7. The highest BCUT2D eigenvalue weighted by atomic mass is 32.1. The number of methoxy groups -OCH3 is 2. The smallest absolute Gasteiger partial charge is 0.354 e. The van der Waals surface area contributed by atoms with Gasteiger partial charge >= 0.3 is 5.97 Å². The number of hydrogen-bond acceptors (Lipinski definition) is 9. The fourth-order valence-corrected chi connectivity index (χ4v) is 4.73. The number of amides is 1. The number of nitrogens with zero attached hydrogens (tertiary/aromatic N) is 2. The van der Waals surface area contributed by atoms with Crippen molar-refractivity contribution in [2.75, 3.05) is 19.5 Å². The maximum atomic E-state index is 12.8. The van der Waals surface area contributed by atoms with E-state index >= 15 is 0 Å². The van der Waals surface area contributed by atoms with Gasteiger partial charge in [-0.15, -0.1) is 22.7 Å². The lowest BCUT2D eigenvalue weighted by Gasteiger charge is -2.07. The molecular weight excluding hydrogens is 450 g/mol. The SMILES string of the molecule is COCc1nc(OC)c2c(C)c(C(=O)Oc3ccc(NC(=O)c4cccs4)cc3)sc2n1. The van der Waals surface area contributed by atoms with Crippen LogP contribution in [0.15, 0.2) is 41.8 Å². The van der Waals surface area contributed by atoms with Crippen LogP contribution in [0.2, 0.25) is 0 Å². The van der Waals surface area contributed by atoms with Gasteiger partial charge in [-0.05, 0) is 48.2 Å². The Bertz CT molecular complexity index is 1270. The van der Waals surface area contributed by atoms with Crippen molar-refractivity contribution in [2.24, 2.45) is 0 Å². The van der Waals surface area contributed by atoms with E-state index in [9.17, 15) is 9.59 Å². The van der Waals surface area contributed by atoms with Gasteiger partial charge in [0.25, 0.3) is 5.91 Å². The number of anilines is 1. The molecule has 0 atom stereocenters. The summed E-state index contributed by atoms with van der Waals surface area (Å²) in [5, 5.41) is 5.32. The summed E-state index contributed by atoms with van der Waals surface area (Å²) < 4.78 is 16.0. The van der Waals surface area contributed by atoms with Crippen molar-refractivity contribution >= 4 is 50.5 Å². The maximum absolute atomic E-state index is 12.8. The highest BCUT2D eigenvalue weighted by Gasteiger charge is 2.22. The number of carbonyl (C=O) groups is 2. The number of thiophene rings is 2. The third-order valence-corrected chi connectivity index (χ3v) is 6.56. The zero-order valence-corrected chi connectivity index (χ0v) is 19.1. The zero-order valence-electron chi connectivity index (χ0n) is 17.5. The molecule has 1 N–H and O–H groups in total. The van der Waals surface area contributed by atoms with Crippen LogP contribution in [-0.2, 0) is 11.3 Å². The summed E-state index contributed by atoms with van der Waals surface area (Å²) in [7, 11) is 3.08. The first-order chi connectivity index (χ1) is 15.5. The molecule has 0 unspecified atom stereocenters. The number of aromatic nitrogens is 2. The second-order valence-corrected chi connectivity index (χ2v) is 8.61. The van der Waals surface area contributed by atoms with E-state index in [4.69, 9.17) is 14.2 Å². The first kappa shape index (κ1) is 21.9. The quantitative estimate of drug-likeness (QED) is 0.310. The number of fused-ring (bicyclic) bond motifs is 1. The molecule has 0 saturated carbocycles. The van der Waals surface area contributed by atoms with E-state index in [1.807, 2.05) is 11.4 Å². The van der Waals surface area contributed by atoms with Gasteiger partial charge in [-0.1, -0.05) is 6.07 Å². The van der Waals surface area contributed by atoms with Gasteiger partial charge in [0, 0.05) is 12.8 Å². The second-order valence-electron chi connectivity index (χ2n) is 6.66. The Labute approximate surface area is 191 Å². The van der Waals surface area contributed by atoms with Gasteiger partial charge in [-0.3, -0.25) is 4.79 Å². The third-order valence-electron chi connectivity index (χ3n) is 4.52. The summed E-state index contributed by atoms with van der Waals surface area (Å²) in [4.78, 5) is 35.4. The molecule has 0 spiro atoms. The molecule has 10 heteroatoms. The predicted octanol–water partition coefficient (Wildman–Crippen LogP) is 4.69. The van der Waals surface area contributed by atoms with E-state index in [-0.39, 0.29) is 12.5 Å². The summed E-state index contributed by atoms with van der Waals surface area (Å²) in [6.45, 7) is 2.04. The van der Waals surface area contributed by atoms with E-state index in [0.29, 0.717) is 48.7 Å². The van der Waals surface area contributed by atoms with Crippen molar-refractivity contribution in [1.82, 2.24) is 9.97 Å². The molecule has 164 valence electrons. The molecule has 32 heavy (non-hydrogen) atoms. The minimum absolute atomic E-state index is 0.187. The Balaban J connectivity index is 1.52. The van der Waals surface area contributed by atoms with Crippen LogP contribution >= 0.6 is 22.7 Å². The molecule has 4 rings (SSSR count). The molecule has 0 saturated heterocycles. The Morgan fingerprint density at radius 3 is 2.53 bits per heavy atom. The molecule has 8 nitrogen and oxygen atoms in total. The van der Waals surface area contributed by atoms with Crippen LogP contribution in [0.4, 0.5) is 5.69 Å². The summed E-state index contributed by atoms with van der Waals surface area (Å²) in [5.41, 5.74) is 1.29. The van der Waals surface area contributed by atoms with Gasteiger partial charge in [-0.25, -0.2) is 9.78 Å². The minimum Gasteiger partial charge on any atom is -0.480 e. The summed E-state index contributed by atoms with van der Waals surface area (Å²) in [6, 6.07) is 10.2. The fraction of sp³-hybridized carbons (Fsp3) is 0.182. The van der Waals surface area contributed by atoms with Crippen molar-refractivity contribution < 1.29 is 23.8 Å². The van der Waals surface area contributed by atoms with E-state index < -0.39 is 5.97 Å². The lowest BCUT2D eigenvalue weighted by molar-refractivity contribution is 0.0739. The van der Waals surface area contributed by atoms with Gasteiger partial charge < -0.3 is 19.5 Å². The average molecular weight is 470 g/mol. The molecule has 1 amide bonds. The Morgan fingerprint density at radius 1 is 1.09 bits per heavy atom. The van der Waals surface area contributed by atoms with Crippen LogP contribution in [0, 0.1) is 6.92 Å². The van der Waals surface area contributed by atoms with E-state index in [1.54, 1.807) is 44.4 Å². The third kappa shape index (κ3) is 4.47. The molecule has 3 heterocycles. The van der Waals surface area contributed by atoms with Gasteiger partial charge in [0.15, 0.2) is 5.82 Å². The largest absolute Gasteiger partial charge is 0.480 e. The normalized spacial score (nSPS) is 10.8. The monoisotopic (exact) mass is 469 g/mol. The first-order valence-electron chi connectivity index (χ1n) is 9.50. The lowest BCUT2D eigenvalue weighted by atomic mass is 10.2. The van der Waals surface area contributed by atoms with E-state index in [1.165, 1.54) is 29.8 Å². The van der Waals surface area contributed by atoms with Crippen molar-refractivity contribution in [1.29, 1.82) is 0 Å². The lowest BCUT2D eigenvalue weighted by Crippen LogP contribution is -2.10. The molecule has 0 bridgehead atoms. The van der Waals surface area contributed by atoms with Gasteiger partial charge in [0.1, 0.15) is 22.1 Å². The van der Waals surface area contributed by atoms with E-state index in [2.05, 4.69) is 15.3 Å². The van der Waals surface area contributed by atoms with Crippen molar-refractivity contribution in [3.8, 4) is 11.6 Å². The molecular formula is C22H19N3O5S2. The van der Waals surface area contributed by atoms with Crippen LogP contribution < -0.4 is 14.8 Å². The standard InChI is InChI=1S/C22H19N3O5S2/c1-12-17-20(29-3)24-16(11-28-2)25-21(17)32-18(12)22(27)30-14-8-6-13(7-9-14)23-19(26)15-5-4-10-31-15/h4-10H,11H2,1-3H3,(H,23,26). The zero-order chi connectivity index (χ0) is 22.7. The fourth-order valence-electron chi connectivity index (χ4n) is 3.04. The maximum Gasteiger partial charge on any atom is 0.354 e. The van der Waals surface area contributed by atoms with Gasteiger partial charge in [0.2, 0.25) is 5.88 Å². The highest BCUT2D eigenvalue weighted by Crippen LogP contribution is 2.35. The summed E-state index contributed by atoms with van der Waals surface area (Å²) >= 11 is 2.58. The minimum atomic E-state index is -0.504. The van der Waals surface area contributed by atoms with Crippen LogP contribution in [0.25, 0.3) is 10.2 Å². The van der Waals surface area contributed by atoms with Crippen LogP contribution in [-0.4, -0.2) is 36.1 Å². The summed E-state index contributed by atoms with van der Waals surface area (Å²) in [6.07, 6.45) is 0.